The van der Waals surface area contributed by atoms with E-state index in [4.69, 9.17) is 9.47 Å². The highest BCUT2D eigenvalue weighted by Crippen LogP contribution is 2.29. The van der Waals surface area contributed by atoms with Gasteiger partial charge in [-0.15, -0.1) is 0 Å². The first-order valence-electron chi connectivity index (χ1n) is 5.47. The summed E-state index contributed by atoms with van der Waals surface area (Å²) in [6.45, 7) is 0.322. The molecule has 1 aromatic carbocycles. The first-order valence-corrected chi connectivity index (χ1v) is 5.47. The van der Waals surface area contributed by atoms with Gasteiger partial charge in [0.15, 0.2) is 0 Å². The number of aliphatic hydroxyl groups excluding tert-OH is 1. The summed E-state index contributed by atoms with van der Waals surface area (Å²) in [4.78, 5) is 3.83. The number of hydrogen-bond donors (Lipinski definition) is 1. The summed E-state index contributed by atoms with van der Waals surface area (Å²) in [6.07, 6.45) is 2.27. The second-order valence-electron chi connectivity index (χ2n) is 3.74. The van der Waals surface area contributed by atoms with Crippen molar-refractivity contribution in [3.8, 4) is 11.5 Å². The maximum Gasteiger partial charge on any atom is 0.137 e. The Kier molecular flexibility index (Phi) is 3.78. The fraction of sp³-hybridized carbons (Fsp3) is 0.333. The third-order valence-corrected chi connectivity index (χ3v) is 2.63. The normalized spacial score (nSPS) is 12.2. The van der Waals surface area contributed by atoms with Crippen LogP contribution in [0, 0.1) is 0 Å². The van der Waals surface area contributed by atoms with Crippen LogP contribution in [-0.2, 0) is 6.54 Å². The molecule has 0 radical (unpaired) electrons. The Morgan fingerprint density at radius 3 is 2.78 bits per heavy atom. The molecule has 0 aliphatic rings. The quantitative estimate of drug-likeness (QED) is 0.857. The van der Waals surface area contributed by atoms with Gasteiger partial charge < -0.3 is 14.6 Å². The van der Waals surface area contributed by atoms with Crippen molar-refractivity contribution < 1.29 is 14.6 Å². The van der Waals surface area contributed by atoms with Crippen molar-refractivity contribution in [2.24, 2.45) is 0 Å². The van der Waals surface area contributed by atoms with E-state index < -0.39 is 6.10 Å². The predicted octanol–water partition coefficient (Wildman–Crippen LogP) is 1.03. The van der Waals surface area contributed by atoms with Crippen molar-refractivity contribution >= 4 is 0 Å². The van der Waals surface area contributed by atoms with E-state index in [-0.39, 0.29) is 0 Å². The predicted molar refractivity (Wildman–Crippen MR) is 64.5 cm³/mol. The van der Waals surface area contributed by atoms with E-state index in [2.05, 4.69) is 10.1 Å². The Balaban J connectivity index is 2.21. The van der Waals surface area contributed by atoms with Crippen molar-refractivity contribution in [2.45, 2.75) is 12.6 Å². The number of ether oxygens (including phenoxy) is 2. The van der Waals surface area contributed by atoms with Crippen LogP contribution in [0.3, 0.4) is 0 Å². The van der Waals surface area contributed by atoms with Crippen molar-refractivity contribution in [1.29, 1.82) is 0 Å². The fourth-order valence-corrected chi connectivity index (χ4v) is 1.70. The standard InChI is InChI=1S/C12H15N3O3/c1-17-9-3-4-10(12(5-9)18-2)11(16)6-15-8-13-7-14-15/h3-5,7-8,11,16H,6H2,1-2H3. The molecular formula is C12H15N3O3. The molecule has 0 saturated carbocycles. The van der Waals surface area contributed by atoms with E-state index in [1.807, 2.05) is 0 Å². The minimum absolute atomic E-state index is 0.322. The van der Waals surface area contributed by atoms with Gasteiger partial charge in [0.05, 0.1) is 20.8 Å². The number of benzene rings is 1. The molecule has 1 aromatic heterocycles. The first kappa shape index (κ1) is 12.4. The molecule has 2 aromatic rings. The molecule has 0 bridgehead atoms. The molecular weight excluding hydrogens is 234 g/mol. The molecule has 0 fully saturated rings. The zero-order chi connectivity index (χ0) is 13.0. The van der Waals surface area contributed by atoms with Crippen LogP contribution in [0.25, 0.3) is 0 Å². The summed E-state index contributed by atoms with van der Waals surface area (Å²) in [5, 5.41) is 14.1. The van der Waals surface area contributed by atoms with Gasteiger partial charge in [0.25, 0.3) is 0 Å². The van der Waals surface area contributed by atoms with E-state index in [1.165, 1.54) is 6.33 Å². The maximum atomic E-state index is 10.2. The lowest BCUT2D eigenvalue weighted by molar-refractivity contribution is 0.147. The molecule has 0 saturated heterocycles. The first-order chi connectivity index (χ1) is 8.74. The lowest BCUT2D eigenvalue weighted by Gasteiger charge is -2.15. The van der Waals surface area contributed by atoms with Crippen molar-refractivity contribution in [3.05, 3.63) is 36.4 Å². The molecule has 1 unspecified atom stereocenters. The largest absolute Gasteiger partial charge is 0.497 e. The monoisotopic (exact) mass is 249 g/mol. The summed E-state index contributed by atoms with van der Waals surface area (Å²) in [5.74, 6) is 1.27. The maximum absolute atomic E-state index is 10.2. The van der Waals surface area contributed by atoms with Crippen LogP contribution in [0.4, 0.5) is 0 Å². The molecule has 18 heavy (non-hydrogen) atoms. The molecule has 1 N–H and O–H groups in total. The molecule has 0 spiro atoms. The molecule has 0 aliphatic carbocycles. The minimum atomic E-state index is -0.715. The van der Waals surface area contributed by atoms with Crippen LogP contribution < -0.4 is 9.47 Å². The average Bonchev–Trinajstić information content (AvgIpc) is 2.90. The van der Waals surface area contributed by atoms with Gasteiger partial charge in [0.1, 0.15) is 30.3 Å². The van der Waals surface area contributed by atoms with Crippen LogP contribution in [0.5, 0.6) is 11.5 Å². The number of rotatable bonds is 5. The molecule has 96 valence electrons. The van der Waals surface area contributed by atoms with E-state index in [0.717, 1.165) is 0 Å². The third kappa shape index (κ3) is 2.60. The average molecular weight is 249 g/mol. The Morgan fingerprint density at radius 1 is 1.33 bits per heavy atom. The lowest BCUT2D eigenvalue weighted by Crippen LogP contribution is -2.10. The molecule has 1 heterocycles. The summed E-state index contributed by atoms with van der Waals surface area (Å²) in [5.41, 5.74) is 0.689. The van der Waals surface area contributed by atoms with E-state index in [1.54, 1.807) is 43.4 Å². The van der Waals surface area contributed by atoms with Gasteiger partial charge in [0.2, 0.25) is 0 Å². The number of methoxy groups -OCH3 is 2. The van der Waals surface area contributed by atoms with Crippen LogP contribution in [0.2, 0.25) is 0 Å². The summed E-state index contributed by atoms with van der Waals surface area (Å²) >= 11 is 0. The van der Waals surface area contributed by atoms with Crippen molar-refractivity contribution in [3.63, 3.8) is 0 Å². The zero-order valence-corrected chi connectivity index (χ0v) is 10.3. The second-order valence-corrected chi connectivity index (χ2v) is 3.74. The highest BCUT2D eigenvalue weighted by Gasteiger charge is 2.15. The van der Waals surface area contributed by atoms with Gasteiger partial charge in [-0.25, -0.2) is 4.98 Å². The van der Waals surface area contributed by atoms with Crippen molar-refractivity contribution in [2.75, 3.05) is 14.2 Å². The van der Waals surface area contributed by atoms with Gasteiger partial charge in [0, 0.05) is 11.6 Å². The van der Waals surface area contributed by atoms with Gasteiger partial charge in [-0.2, -0.15) is 5.10 Å². The van der Waals surface area contributed by atoms with Gasteiger partial charge in [-0.3, -0.25) is 4.68 Å². The molecule has 2 rings (SSSR count). The Bertz CT molecular complexity index is 499. The number of aromatic nitrogens is 3. The van der Waals surface area contributed by atoms with Gasteiger partial charge in [-0.05, 0) is 12.1 Å². The molecule has 6 heteroatoms. The van der Waals surface area contributed by atoms with Crippen LogP contribution in [0.1, 0.15) is 11.7 Å². The third-order valence-electron chi connectivity index (χ3n) is 2.63. The smallest absolute Gasteiger partial charge is 0.137 e. The zero-order valence-electron chi connectivity index (χ0n) is 10.3. The van der Waals surface area contributed by atoms with E-state index in [9.17, 15) is 5.11 Å². The molecule has 0 amide bonds. The van der Waals surface area contributed by atoms with Gasteiger partial charge in [-0.1, -0.05) is 0 Å². The highest BCUT2D eigenvalue weighted by atomic mass is 16.5. The Labute approximate surface area is 105 Å². The number of aliphatic hydroxyl groups is 1. The van der Waals surface area contributed by atoms with E-state index in [0.29, 0.717) is 23.6 Å². The number of nitrogens with zero attached hydrogens (tertiary/aromatic N) is 3. The summed E-state index contributed by atoms with van der Waals surface area (Å²) < 4.78 is 11.9. The van der Waals surface area contributed by atoms with Gasteiger partial charge >= 0.3 is 0 Å². The van der Waals surface area contributed by atoms with Crippen LogP contribution in [-0.4, -0.2) is 34.1 Å². The minimum Gasteiger partial charge on any atom is -0.497 e. The molecule has 1 atom stereocenters. The molecule has 0 aliphatic heterocycles. The van der Waals surface area contributed by atoms with Crippen molar-refractivity contribution in [1.82, 2.24) is 14.8 Å². The fourth-order valence-electron chi connectivity index (χ4n) is 1.70. The second kappa shape index (κ2) is 5.50. The topological polar surface area (TPSA) is 69.4 Å². The SMILES string of the molecule is COc1ccc(C(O)Cn2cncn2)c(OC)c1. The summed E-state index contributed by atoms with van der Waals surface area (Å²) in [7, 11) is 3.14. The van der Waals surface area contributed by atoms with Crippen LogP contribution >= 0.6 is 0 Å². The van der Waals surface area contributed by atoms with Crippen LogP contribution in [0.15, 0.2) is 30.9 Å². The Morgan fingerprint density at radius 2 is 2.17 bits per heavy atom. The highest BCUT2D eigenvalue weighted by molar-refractivity contribution is 5.41. The van der Waals surface area contributed by atoms with E-state index >= 15 is 0 Å². The number of hydrogen-bond acceptors (Lipinski definition) is 5. The molecule has 6 nitrogen and oxygen atoms in total. The summed E-state index contributed by atoms with van der Waals surface area (Å²) in [6, 6.07) is 5.29. The lowest BCUT2D eigenvalue weighted by atomic mass is 10.1. The Hall–Kier alpha value is -2.08.